The molecule has 5 heteroatoms. The number of anilines is 2. The molecule has 0 fully saturated rings. The molecular weight excluding hydrogens is 250 g/mol. The van der Waals surface area contributed by atoms with Gasteiger partial charge in [0.2, 0.25) is 0 Å². The van der Waals surface area contributed by atoms with Crippen molar-refractivity contribution in [3.05, 3.63) is 11.4 Å². The molecule has 1 aromatic rings. The Morgan fingerprint density at radius 2 is 1.75 bits per heavy atom. The second-order valence-electron chi connectivity index (χ2n) is 5.73. The number of hydrogen-bond donors (Lipinski definition) is 2. The monoisotopic (exact) mass is 279 g/mol. The van der Waals surface area contributed by atoms with Crippen molar-refractivity contribution in [2.45, 2.75) is 60.4 Å². The molecule has 0 aliphatic rings. The number of rotatable bonds is 7. The standard InChI is InChI=1S/C15H29N5/c1-7-13(8-2)20(9-10(3)4)15-11(5)14(19-16)17-12(6)18-15/h10,13H,7-9,16H2,1-6H3,(H,17,18,19). The first kappa shape index (κ1) is 16.7. The lowest BCUT2D eigenvalue weighted by atomic mass is 10.1. The van der Waals surface area contributed by atoms with Gasteiger partial charge in [-0.15, -0.1) is 0 Å². The van der Waals surface area contributed by atoms with Crippen molar-refractivity contribution in [2.75, 3.05) is 16.9 Å². The molecule has 0 unspecified atom stereocenters. The van der Waals surface area contributed by atoms with Crippen molar-refractivity contribution in [3.8, 4) is 0 Å². The van der Waals surface area contributed by atoms with Gasteiger partial charge in [0.15, 0.2) is 0 Å². The van der Waals surface area contributed by atoms with E-state index in [1.54, 1.807) is 0 Å². The summed E-state index contributed by atoms with van der Waals surface area (Å²) in [6.07, 6.45) is 2.22. The lowest BCUT2D eigenvalue weighted by molar-refractivity contribution is 0.502. The van der Waals surface area contributed by atoms with Crippen LogP contribution in [0.25, 0.3) is 0 Å². The molecule has 1 heterocycles. The molecule has 1 rings (SSSR count). The summed E-state index contributed by atoms with van der Waals surface area (Å²) < 4.78 is 0. The molecule has 0 radical (unpaired) electrons. The van der Waals surface area contributed by atoms with Crippen LogP contribution in [0.4, 0.5) is 11.6 Å². The zero-order valence-electron chi connectivity index (χ0n) is 13.7. The Hall–Kier alpha value is -1.36. The van der Waals surface area contributed by atoms with Gasteiger partial charge in [-0.1, -0.05) is 27.7 Å². The number of aromatic nitrogens is 2. The van der Waals surface area contributed by atoms with Gasteiger partial charge in [0.1, 0.15) is 17.5 Å². The molecule has 0 aromatic carbocycles. The van der Waals surface area contributed by atoms with Gasteiger partial charge in [-0.3, -0.25) is 0 Å². The van der Waals surface area contributed by atoms with E-state index in [0.717, 1.165) is 36.6 Å². The highest BCUT2D eigenvalue weighted by molar-refractivity contribution is 5.58. The fourth-order valence-corrected chi connectivity index (χ4v) is 2.57. The topological polar surface area (TPSA) is 67.1 Å². The molecule has 20 heavy (non-hydrogen) atoms. The predicted molar refractivity (Wildman–Crippen MR) is 85.9 cm³/mol. The van der Waals surface area contributed by atoms with Crippen molar-refractivity contribution in [2.24, 2.45) is 11.8 Å². The minimum atomic E-state index is 0.496. The van der Waals surface area contributed by atoms with Gasteiger partial charge in [-0.2, -0.15) is 0 Å². The number of nitrogens with one attached hydrogen (secondary N) is 1. The van der Waals surface area contributed by atoms with Crippen LogP contribution in [0.5, 0.6) is 0 Å². The van der Waals surface area contributed by atoms with Gasteiger partial charge < -0.3 is 10.3 Å². The van der Waals surface area contributed by atoms with Gasteiger partial charge in [-0.25, -0.2) is 15.8 Å². The lowest BCUT2D eigenvalue weighted by Crippen LogP contribution is -2.39. The quantitative estimate of drug-likeness (QED) is 0.593. The second-order valence-corrected chi connectivity index (χ2v) is 5.73. The van der Waals surface area contributed by atoms with Gasteiger partial charge >= 0.3 is 0 Å². The number of hydrogen-bond acceptors (Lipinski definition) is 5. The van der Waals surface area contributed by atoms with E-state index in [4.69, 9.17) is 5.84 Å². The first-order valence-corrected chi connectivity index (χ1v) is 7.52. The number of nitrogens with zero attached hydrogens (tertiary/aromatic N) is 3. The molecular formula is C15H29N5. The maximum absolute atomic E-state index is 5.57. The SMILES string of the molecule is CCC(CC)N(CC(C)C)c1nc(C)nc(NN)c1C. The van der Waals surface area contributed by atoms with Crippen LogP contribution in [0.15, 0.2) is 0 Å². The highest BCUT2D eigenvalue weighted by Gasteiger charge is 2.22. The van der Waals surface area contributed by atoms with Crippen molar-refractivity contribution in [1.82, 2.24) is 9.97 Å². The molecule has 1 aromatic heterocycles. The third-order valence-corrected chi connectivity index (χ3v) is 3.59. The number of nitrogens with two attached hydrogens (primary N) is 1. The van der Waals surface area contributed by atoms with E-state index < -0.39 is 0 Å². The zero-order valence-corrected chi connectivity index (χ0v) is 13.7. The summed E-state index contributed by atoms with van der Waals surface area (Å²) in [5.41, 5.74) is 3.70. The molecule has 5 nitrogen and oxygen atoms in total. The summed E-state index contributed by atoms with van der Waals surface area (Å²) >= 11 is 0. The molecule has 114 valence electrons. The van der Waals surface area contributed by atoms with Crippen LogP contribution in [0.1, 0.15) is 51.9 Å². The minimum Gasteiger partial charge on any atom is -0.353 e. The van der Waals surface area contributed by atoms with E-state index in [0.29, 0.717) is 17.8 Å². The zero-order chi connectivity index (χ0) is 15.3. The Morgan fingerprint density at radius 1 is 1.15 bits per heavy atom. The Bertz CT molecular complexity index is 427. The third kappa shape index (κ3) is 3.82. The Balaban J connectivity index is 3.28. The van der Waals surface area contributed by atoms with Crippen molar-refractivity contribution in [1.29, 1.82) is 0 Å². The van der Waals surface area contributed by atoms with Gasteiger partial charge in [0.05, 0.1) is 0 Å². The Labute approximate surface area is 123 Å². The normalized spacial score (nSPS) is 11.2. The van der Waals surface area contributed by atoms with Crippen LogP contribution in [0.3, 0.4) is 0 Å². The largest absolute Gasteiger partial charge is 0.353 e. The van der Waals surface area contributed by atoms with Crippen LogP contribution >= 0.6 is 0 Å². The summed E-state index contributed by atoms with van der Waals surface area (Å²) in [5.74, 6) is 8.63. The van der Waals surface area contributed by atoms with Gasteiger partial charge in [0.25, 0.3) is 0 Å². The van der Waals surface area contributed by atoms with Gasteiger partial charge in [0, 0.05) is 18.2 Å². The van der Waals surface area contributed by atoms with Crippen LogP contribution in [0, 0.1) is 19.8 Å². The molecule has 0 aliphatic carbocycles. The maximum Gasteiger partial charge on any atom is 0.148 e. The van der Waals surface area contributed by atoms with Crippen molar-refractivity contribution >= 4 is 11.6 Å². The summed E-state index contributed by atoms with van der Waals surface area (Å²) in [4.78, 5) is 11.4. The molecule has 0 aliphatic heterocycles. The molecule has 0 saturated carbocycles. The van der Waals surface area contributed by atoms with E-state index in [-0.39, 0.29) is 0 Å². The highest BCUT2D eigenvalue weighted by Crippen LogP contribution is 2.27. The van der Waals surface area contributed by atoms with E-state index in [9.17, 15) is 0 Å². The van der Waals surface area contributed by atoms with Crippen LogP contribution in [-0.2, 0) is 0 Å². The predicted octanol–water partition coefficient (Wildman–Crippen LogP) is 3.03. The average Bonchev–Trinajstić information content (AvgIpc) is 2.40. The first-order valence-electron chi connectivity index (χ1n) is 7.52. The minimum absolute atomic E-state index is 0.496. The van der Waals surface area contributed by atoms with Crippen molar-refractivity contribution < 1.29 is 0 Å². The van der Waals surface area contributed by atoms with Crippen LogP contribution < -0.4 is 16.2 Å². The smallest absolute Gasteiger partial charge is 0.148 e. The summed E-state index contributed by atoms with van der Waals surface area (Å²) in [6.45, 7) is 13.9. The Kier molecular flexibility index (Phi) is 6.20. The van der Waals surface area contributed by atoms with E-state index in [1.165, 1.54) is 0 Å². The number of nitrogen functional groups attached to an aromatic ring is 1. The van der Waals surface area contributed by atoms with Crippen LogP contribution in [-0.4, -0.2) is 22.6 Å². The molecule has 0 saturated heterocycles. The summed E-state index contributed by atoms with van der Waals surface area (Å²) in [5, 5.41) is 0. The Morgan fingerprint density at radius 3 is 2.20 bits per heavy atom. The maximum atomic E-state index is 5.57. The fourth-order valence-electron chi connectivity index (χ4n) is 2.57. The van der Waals surface area contributed by atoms with Crippen molar-refractivity contribution in [3.63, 3.8) is 0 Å². The summed E-state index contributed by atoms with van der Waals surface area (Å²) in [7, 11) is 0. The highest BCUT2D eigenvalue weighted by atomic mass is 15.3. The van der Waals surface area contributed by atoms with E-state index in [1.807, 2.05) is 13.8 Å². The van der Waals surface area contributed by atoms with Crippen LogP contribution in [0.2, 0.25) is 0 Å². The fraction of sp³-hybridized carbons (Fsp3) is 0.733. The molecule has 0 atom stereocenters. The third-order valence-electron chi connectivity index (χ3n) is 3.59. The first-order chi connectivity index (χ1) is 9.44. The van der Waals surface area contributed by atoms with E-state index in [2.05, 4.69) is 48.0 Å². The molecule has 0 bridgehead atoms. The summed E-state index contributed by atoms with van der Waals surface area (Å²) in [6, 6.07) is 0.496. The molecule has 3 N–H and O–H groups in total. The second kappa shape index (κ2) is 7.43. The number of aryl methyl sites for hydroxylation is 1. The van der Waals surface area contributed by atoms with E-state index >= 15 is 0 Å². The molecule has 0 spiro atoms. The number of hydrazine groups is 1. The van der Waals surface area contributed by atoms with Gasteiger partial charge in [-0.05, 0) is 32.6 Å². The molecule has 0 amide bonds. The lowest BCUT2D eigenvalue weighted by Gasteiger charge is -2.34. The average molecular weight is 279 g/mol.